The fraction of sp³-hybridized carbons (Fsp3) is 0.0714. The van der Waals surface area contributed by atoms with E-state index in [1.165, 1.54) is 12.1 Å². The minimum atomic E-state index is -3.96. The third kappa shape index (κ3) is 2.22. The molecule has 0 aliphatic rings. The molecule has 0 unspecified atom stereocenters. The Hall–Kier alpha value is -1.80. The molecule has 0 spiro atoms. The summed E-state index contributed by atoms with van der Waals surface area (Å²) in [5.41, 5.74) is 0.732. The number of aromatic nitrogens is 2. The molecule has 8 heteroatoms. The van der Waals surface area contributed by atoms with Crippen LogP contribution in [-0.2, 0) is 10.0 Å². The molecular formula is C14H9BrF2N2O2S. The zero-order valence-corrected chi connectivity index (χ0v) is 13.6. The summed E-state index contributed by atoms with van der Waals surface area (Å²) in [5, 5.41) is -0.212. The minimum absolute atomic E-state index is 0.0361. The van der Waals surface area contributed by atoms with Gasteiger partial charge >= 0.3 is 0 Å². The van der Waals surface area contributed by atoms with Crippen LogP contribution in [0, 0.1) is 18.6 Å². The molecule has 0 saturated heterocycles. The van der Waals surface area contributed by atoms with E-state index in [2.05, 4.69) is 20.9 Å². The van der Waals surface area contributed by atoms with Crippen molar-refractivity contribution < 1.29 is 17.2 Å². The quantitative estimate of drug-likeness (QED) is 0.675. The lowest BCUT2D eigenvalue weighted by atomic mass is 10.2. The van der Waals surface area contributed by atoms with Crippen molar-refractivity contribution in [1.82, 2.24) is 8.96 Å². The standard InChI is InChI=1S/C14H9BrF2N2O2S/c1-8-2-4-9(5-3-8)22(20,21)19-7-10(15)12-13(17)11(16)6-18-14(12)19/h2-7H,1H3. The molecule has 2 aromatic heterocycles. The maximum absolute atomic E-state index is 13.9. The Bertz CT molecular complexity index is 982. The number of nitrogens with zero attached hydrogens (tertiary/aromatic N) is 2. The Labute approximate surface area is 133 Å². The van der Waals surface area contributed by atoms with Crippen LogP contribution in [0.4, 0.5) is 8.78 Å². The Morgan fingerprint density at radius 3 is 2.45 bits per heavy atom. The van der Waals surface area contributed by atoms with Gasteiger partial charge in [-0.2, -0.15) is 0 Å². The van der Waals surface area contributed by atoms with Crippen LogP contribution in [0.15, 0.2) is 46.0 Å². The van der Waals surface area contributed by atoms with E-state index >= 15 is 0 Å². The van der Waals surface area contributed by atoms with Gasteiger partial charge in [0.2, 0.25) is 0 Å². The number of fused-ring (bicyclic) bond motifs is 1. The maximum Gasteiger partial charge on any atom is 0.269 e. The zero-order chi connectivity index (χ0) is 16.1. The predicted molar refractivity (Wildman–Crippen MR) is 81.1 cm³/mol. The smallest absolute Gasteiger partial charge is 0.234 e. The lowest BCUT2D eigenvalue weighted by molar-refractivity contribution is 0.513. The summed E-state index contributed by atoms with van der Waals surface area (Å²) in [6.45, 7) is 1.83. The van der Waals surface area contributed by atoms with Gasteiger partial charge in [0, 0.05) is 10.7 Å². The van der Waals surface area contributed by atoms with Gasteiger partial charge in [-0.05, 0) is 35.0 Å². The van der Waals surface area contributed by atoms with Gasteiger partial charge < -0.3 is 0 Å². The lowest BCUT2D eigenvalue weighted by Crippen LogP contribution is -2.12. The van der Waals surface area contributed by atoms with Crippen molar-refractivity contribution in [3.05, 3.63) is 58.3 Å². The monoisotopic (exact) mass is 386 g/mol. The predicted octanol–water partition coefficient (Wildman–Crippen LogP) is 3.62. The maximum atomic E-state index is 13.9. The number of benzene rings is 1. The molecular weight excluding hydrogens is 378 g/mol. The van der Waals surface area contributed by atoms with E-state index in [0.717, 1.165) is 15.7 Å². The molecule has 2 heterocycles. The van der Waals surface area contributed by atoms with Crippen LogP contribution in [0.2, 0.25) is 0 Å². The molecule has 3 rings (SSSR count). The van der Waals surface area contributed by atoms with Gasteiger partial charge in [-0.3, -0.25) is 0 Å². The highest BCUT2D eigenvalue weighted by Crippen LogP contribution is 2.31. The van der Waals surface area contributed by atoms with Crippen molar-refractivity contribution in [3.63, 3.8) is 0 Å². The SMILES string of the molecule is Cc1ccc(S(=O)(=O)n2cc(Br)c3c(F)c(F)cnc32)cc1. The zero-order valence-electron chi connectivity index (χ0n) is 11.2. The highest BCUT2D eigenvalue weighted by atomic mass is 79.9. The minimum Gasteiger partial charge on any atom is -0.234 e. The molecule has 0 atom stereocenters. The van der Waals surface area contributed by atoms with Gasteiger partial charge in [-0.15, -0.1) is 0 Å². The molecule has 0 aliphatic carbocycles. The van der Waals surface area contributed by atoms with Crippen molar-refractivity contribution in [1.29, 1.82) is 0 Å². The number of hydrogen-bond acceptors (Lipinski definition) is 3. The molecule has 22 heavy (non-hydrogen) atoms. The summed E-state index contributed by atoms with van der Waals surface area (Å²) in [6, 6.07) is 6.21. The van der Waals surface area contributed by atoms with Crippen LogP contribution in [0.1, 0.15) is 5.56 Å². The average molecular weight is 387 g/mol. The van der Waals surface area contributed by atoms with Crippen molar-refractivity contribution >= 4 is 37.0 Å². The second-order valence-corrected chi connectivity index (χ2v) is 7.38. The topological polar surface area (TPSA) is 52.0 Å². The molecule has 3 aromatic rings. The third-order valence-corrected chi connectivity index (χ3v) is 5.47. The van der Waals surface area contributed by atoms with E-state index in [1.54, 1.807) is 12.1 Å². The molecule has 0 aliphatic heterocycles. The van der Waals surface area contributed by atoms with E-state index < -0.39 is 21.7 Å². The van der Waals surface area contributed by atoms with E-state index in [4.69, 9.17) is 0 Å². The molecule has 0 fully saturated rings. The van der Waals surface area contributed by atoms with E-state index in [1.807, 2.05) is 6.92 Å². The number of aryl methyl sites for hydroxylation is 1. The lowest BCUT2D eigenvalue weighted by Gasteiger charge is -2.07. The Balaban J connectivity index is 2.31. The van der Waals surface area contributed by atoms with Crippen LogP contribution in [-0.4, -0.2) is 17.4 Å². The highest BCUT2D eigenvalue weighted by Gasteiger charge is 2.24. The molecule has 114 valence electrons. The normalized spacial score (nSPS) is 12.0. The van der Waals surface area contributed by atoms with Gasteiger partial charge in [0.1, 0.15) is 0 Å². The van der Waals surface area contributed by atoms with Gasteiger partial charge in [0.25, 0.3) is 10.0 Å². The number of hydrogen-bond donors (Lipinski definition) is 0. The summed E-state index contributed by atoms with van der Waals surface area (Å²) in [7, 11) is -3.96. The van der Waals surface area contributed by atoms with Crippen molar-refractivity contribution in [3.8, 4) is 0 Å². The molecule has 0 N–H and O–H groups in total. The van der Waals surface area contributed by atoms with Crippen LogP contribution in [0.5, 0.6) is 0 Å². The van der Waals surface area contributed by atoms with Crippen LogP contribution in [0.25, 0.3) is 11.0 Å². The molecule has 0 bridgehead atoms. The molecule has 4 nitrogen and oxygen atoms in total. The first kappa shape index (κ1) is 15.1. The average Bonchev–Trinajstić information content (AvgIpc) is 2.82. The summed E-state index contributed by atoms with van der Waals surface area (Å²) in [6.07, 6.45) is 1.82. The van der Waals surface area contributed by atoms with Crippen LogP contribution < -0.4 is 0 Å². The van der Waals surface area contributed by atoms with Gasteiger partial charge in [0.15, 0.2) is 17.3 Å². The summed E-state index contributed by atoms with van der Waals surface area (Å²) in [5.74, 6) is -2.28. The number of rotatable bonds is 2. The fourth-order valence-electron chi connectivity index (χ4n) is 2.07. The van der Waals surface area contributed by atoms with Gasteiger partial charge in [-0.25, -0.2) is 26.2 Å². The summed E-state index contributed by atoms with van der Waals surface area (Å²) < 4.78 is 53.4. The molecule has 0 radical (unpaired) electrons. The Kier molecular flexibility index (Phi) is 3.53. The van der Waals surface area contributed by atoms with Crippen LogP contribution >= 0.6 is 15.9 Å². The van der Waals surface area contributed by atoms with Crippen molar-refractivity contribution in [2.45, 2.75) is 11.8 Å². The van der Waals surface area contributed by atoms with Crippen molar-refractivity contribution in [2.75, 3.05) is 0 Å². The van der Waals surface area contributed by atoms with E-state index in [9.17, 15) is 17.2 Å². The summed E-state index contributed by atoms with van der Waals surface area (Å²) in [4.78, 5) is 3.75. The first-order chi connectivity index (χ1) is 10.3. The van der Waals surface area contributed by atoms with Crippen molar-refractivity contribution in [2.24, 2.45) is 0 Å². The second kappa shape index (κ2) is 5.13. The fourth-order valence-corrected chi connectivity index (χ4v) is 4.08. The van der Waals surface area contributed by atoms with Gasteiger partial charge in [-0.1, -0.05) is 17.7 Å². The van der Waals surface area contributed by atoms with E-state index in [0.29, 0.717) is 6.20 Å². The molecule has 1 aromatic carbocycles. The Morgan fingerprint density at radius 2 is 1.82 bits per heavy atom. The third-order valence-electron chi connectivity index (χ3n) is 3.21. The Morgan fingerprint density at radius 1 is 1.18 bits per heavy atom. The van der Waals surface area contributed by atoms with Gasteiger partial charge in [0.05, 0.1) is 16.5 Å². The highest BCUT2D eigenvalue weighted by molar-refractivity contribution is 9.10. The summed E-state index contributed by atoms with van der Waals surface area (Å²) >= 11 is 3.05. The number of halogens is 3. The molecule has 0 saturated carbocycles. The second-order valence-electron chi connectivity index (χ2n) is 4.71. The largest absolute Gasteiger partial charge is 0.269 e. The van der Waals surface area contributed by atoms with Crippen LogP contribution in [0.3, 0.4) is 0 Å². The van der Waals surface area contributed by atoms with E-state index in [-0.39, 0.29) is 20.4 Å². The first-order valence-electron chi connectivity index (χ1n) is 6.15. The molecule has 0 amide bonds. The number of pyridine rings is 1. The first-order valence-corrected chi connectivity index (χ1v) is 8.38.